The van der Waals surface area contributed by atoms with Crippen LogP contribution < -0.4 is 9.47 Å². The normalized spacial score (nSPS) is 18.1. The summed E-state index contributed by atoms with van der Waals surface area (Å²) >= 11 is 0. The van der Waals surface area contributed by atoms with E-state index in [-0.39, 0.29) is 37.1 Å². The van der Waals surface area contributed by atoms with Crippen LogP contribution in [0.4, 0.5) is 0 Å². The second-order valence-corrected chi connectivity index (χ2v) is 11.9. The molecule has 0 heterocycles. The van der Waals surface area contributed by atoms with Gasteiger partial charge in [-0.05, 0) is 63.5 Å². The van der Waals surface area contributed by atoms with E-state index in [4.69, 9.17) is 9.47 Å². The zero-order chi connectivity index (χ0) is 28.7. The van der Waals surface area contributed by atoms with E-state index in [0.717, 1.165) is 64.2 Å². The molecular weight excluding hydrogens is 500 g/mol. The van der Waals surface area contributed by atoms with Crippen molar-refractivity contribution in [3.8, 4) is 11.5 Å². The van der Waals surface area contributed by atoms with Crippen LogP contribution in [0.2, 0.25) is 0 Å². The quantitative estimate of drug-likeness (QED) is 0.207. The predicted molar refractivity (Wildman–Crippen MR) is 163 cm³/mol. The van der Waals surface area contributed by atoms with Gasteiger partial charge in [0.25, 0.3) is 11.8 Å². The van der Waals surface area contributed by atoms with E-state index in [1.165, 1.54) is 38.5 Å². The van der Waals surface area contributed by atoms with Gasteiger partial charge in [0.2, 0.25) is 0 Å². The molecule has 0 saturated heterocycles. The lowest BCUT2D eigenvalue weighted by Crippen LogP contribution is -2.49. The van der Waals surface area contributed by atoms with Crippen molar-refractivity contribution in [3.63, 3.8) is 0 Å². The molecule has 0 N–H and O–H groups in total. The van der Waals surface area contributed by atoms with Crippen LogP contribution in [0, 0.1) is 0 Å². The number of rotatable bonds is 16. The molecule has 0 spiro atoms. The highest BCUT2D eigenvalue weighted by atomic mass is 16.5. The molecule has 2 fully saturated rings. The largest absolute Gasteiger partial charge is 0.480 e. The molecule has 0 bridgehead atoms. The van der Waals surface area contributed by atoms with Crippen LogP contribution in [0.1, 0.15) is 130 Å². The molecule has 2 unspecified atom stereocenters. The summed E-state index contributed by atoms with van der Waals surface area (Å²) < 4.78 is 12.2. The summed E-state index contributed by atoms with van der Waals surface area (Å²) in [4.78, 5) is 31.5. The zero-order valence-corrected chi connectivity index (χ0v) is 25.9. The minimum atomic E-state index is -0.00631. The first-order chi connectivity index (χ1) is 19.5. The van der Waals surface area contributed by atoms with Gasteiger partial charge in [-0.3, -0.25) is 9.59 Å². The van der Waals surface area contributed by atoms with E-state index >= 15 is 0 Å². The van der Waals surface area contributed by atoms with Crippen molar-refractivity contribution in [3.05, 3.63) is 24.3 Å². The van der Waals surface area contributed by atoms with Crippen LogP contribution in [-0.2, 0) is 9.59 Å². The van der Waals surface area contributed by atoms with Crippen LogP contribution in [0.3, 0.4) is 0 Å². The first kappa shape index (κ1) is 32.3. The predicted octanol–water partition coefficient (Wildman–Crippen LogP) is 7.92. The fourth-order valence-electron chi connectivity index (χ4n) is 6.99. The van der Waals surface area contributed by atoms with E-state index in [9.17, 15) is 9.59 Å². The summed E-state index contributed by atoms with van der Waals surface area (Å²) in [6.45, 7) is 8.74. The van der Waals surface area contributed by atoms with Crippen LogP contribution in [0.15, 0.2) is 24.3 Å². The number of hydrogen-bond donors (Lipinski definition) is 0. The first-order valence-electron chi connectivity index (χ1n) is 16.5. The number of para-hydroxylation sites is 2. The maximum Gasteiger partial charge on any atom is 0.261 e. The van der Waals surface area contributed by atoms with Crippen LogP contribution >= 0.6 is 0 Å². The van der Waals surface area contributed by atoms with Gasteiger partial charge in [-0.25, -0.2) is 0 Å². The highest BCUT2D eigenvalue weighted by Gasteiger charge is 2.32. The van der Waals surface area contributed by atoms with Gasteiger partial charge in [-0.2, -0.15) is 0 Å². The highest BCUT2D eigenvalue weighted by Crippen LogP contribution is 2.31. The summed E-state index contributed by atoms with van der Waals surface area (Å²) in [6, 6.07) is 8.60. The van der Waals surface area contributed by atoms with Crippen molar-refractivity contribution in [2.24, 2.45) is 0 Å². The van der Waals surface area contributed by atoms with E-state index < -0.39 is 0 Å². The Morgan fingerprint density at radius 3 is 1.38 bits per heavy atom. The van der Waals surface area contributed by atoms with Gasteiger partial charge < -0.3 is 19.3 Å². The molecule has 0 aromatic heterocycles. The van der Waals surface area contributed by atoms with Crippen LogP contribution in [-0.4, -0.2) is 59.0 Å². The van der Waals surface area contributed by atoms with Crippen molar-refractivity contribution >= 4 is 11.8 Å². The number of nitrogens with zero attached hydrogens (tertiary/aromatic N) is 2. The lowest BCUT2D eigenvalue weighted by atomic mass is 9.92. The van der Waals surface area contributed by atoms with E-state index in [2.05, 4.69) is 37.5 Å². The molecule has 2 aliphatic carbocycles. The molecule has 6 heteroatoms. The lowest BCUT2D eigenvalue weighted by Gasteiger charge is -2.40. The highest BCUT2D eigenvalue weighted by molar-refractivity contribution is 5.79. The van der Waals surface area contributed by atoms with Crippen molar-refractivity contribution < 1.29 is 19.1 Å². The first-order valence-corrected chi connectivity index (χ1v) is 16.5. The van der Waals surface area contributed by atoms with Crippen LogP contribution in [0.25, 0.3) is 0 Å². The molecule has 226 valence electrons. The average Bonchev–Trinajstić information content (AvgIpc) is 2.99. The number of amides is 2. The third-order valence-electron chi connectivity index (χ3n) is 9.04. The minimum absolute atomic E-state index is 0.00631. The molecule has 2 atom stereocenters. The molecule has 0 radical (unpaired) electrons. The van der Waals surface area contributed by atoms with Crippen molar-refractivity contribution in [2.45, 2.75) is 155 Å². The molecule has 6 nitrogen and oxygen atoms in total. The second-order valence-electron chi connectivity index (χ2n) is 11.9. The van der Waals surface area contributed by atoms with E-state index in [1.807, 2.05) is 24.3 Å². The molecule has 1 aromatic carbocycles. The number of carbonyl (C=O) groups is 2. The monoisotopic (exact) mass is 556 g/mol. The van der Waals surface area contributed by atoms with Gasteiger partial charge in [0, 0.05) is 24.2 Å². The molecule has 2 aliphatic rings. The molecule has 40 heavy (non-hydrogen) atoms. The summed E-state index contributed by atoms with van der Waals surface area (Å²) in [6.07, 6.45) is 17.7. The van der Waals surface area contributed by atoms with Gasteiger partial charge in [0.1, 0.15) is 0 Å². The standard InChI is InChI=1S/C34H56N2O4/c1-5-17-27(7-3)35(29-19-11-9-12-20-29)33(37)25-39-31-23-15-16-24-32(31)40-26-34(38)36(28(8-4)18-6-2)30-21-13-10-14-22-30/h15-16,23-24,27-30H,5-14,17-22,25-26H2,1-4H3. The molecule has 2 amide bonds. The van der Waals surface area contributed by atoms with Gasteiger partial charge in [-0.1, -0.05) is 91.2 Å². The fraction of sp³-hybridized carbons (Fsp3) is 0.765. The Hall–Kier alpha value is -2.24. The Balaban J connectivity index is 1.67. The number of hydrogen-bond acceptors (Lipinski definition) is 4. The van der Waals surface area contributed by atoms with Gasteiger partial charge in [-0.15, -0.1) is 0 Å². The lowest BCUT2D eigenvalue weighted by molar-refractivity contribution is -0.141. The average molecular weight is 557 g/mol. The van der Waals surface area contributed by atoms with Crippen molar-refractivity contribution in [2.75, 3.05) is 13.2 Å². The molecular formula is C34H56N2O4. The zero-order valence-electron chi connectivity index (χ0n) is 25.9. The Bertz CT molecular complexity index is 798. The van der Waals surface area contributed by atoms with E-state index in [0.29, 0.717) is 23.6 Å². The third kappa shape index (κ3) is 9.14. The van der Waals surface area contributed by atoms with Gasteiger partial charge in [0.15, 0.2) is 24.7 Å². The second kappa shape index (κ2) is 17.5. The maximum atomic E-state index is 13.6. The Morgan fingerprint density at radius 2 is 1.05 bits per heavy atom. The number of ether oxygens (including phenoxy) is 2. The fourth-order valence-corrected chi connectivity index (χ4v) is 6.99. The molecule has 1 aromatic rings. The smallest absolute Gasteiger partial charge is 0.261 e. The Morgan fingerprint density at radius 1 is 0.675 bits per heavy atom. The Kier molecular flexibility index (Phi) is 14.2. The Labute approximate surface area is 244 Å². The maximum absolute atomic E-state index is 13.6. The van der Waals surface area contributed by atoms with E-state index in [1.54, 1.807) is 0 Å². The minimum Gasteiger partial charge on any atom is -0.480 e. The molecule has 0 aliphatic heterocycles. The SMILES string of the molecule is CCCC(CC)N(C(=O)COc1ccccc1OCC(=O)N(C(CC)CCC)C1CCCCC1)C1CCCCC1. The summed E-state index contributed by atoms with van der Waals surface area (Å²) in [7, 11) is 0. The van der Waals surface area contributed by atoms with Gasteiger partial charge >= 0.3 is 0 Å². The molecule has 2 saturated carbocycles. The van der Waals surface area contributed by atoms with Gasteiger partial charge in [0.05, 0.1) is 0 Å². The number of carbonyl (C=O) groups excluding carboxylic acids is 2. The summed E-state index contributed by atoms with van der Waals surface area (Å²) in [5.74, 6) is 1.18. The topological polar surface area (TPSA) is 59.1 Å². The summed E-state index contributed by atoms with van der Waals surface area (Å²) in [5, 5.41) is 0. The van der Waals surface area contributed by atoms with Crippen molar-refractivity contribution in [1.29, 1.82) is 0 Å². The van der Waals surface area contributed by atoms with Crippen LogP contribution in [0.5, 0.6) is 11.5 Å². The number of benzene rings is 1. The third-order valence-corrected chi connectivity index (χ3v) is 9.04. The van der Waals surface area contributed by atoms with Crippen molar-refractivity contribution in [1.82, 2.24) is 9.80 Å². The summed E-state index contributed by atoms with van der Waals surface area (Å²) in [5.41, 5.74) is 0. The molecule has 3 rings (SSSR count).